The van der Waals surface area contributed by atoms with Crippen LogP contribution in [0.25, 0.3) is 0 Å². The fourth-order valence-electron chi connectivity index (χ4n) is 1.96. The summed E-state index contributed by atoms with van der Waals surface area (Å²) in [5.41, 5.74) is 2.95. The summed E-state index contributed by atoms with van der Waals surface area (Å²) in [6, 6.07) is 8.70. The van der Waals surface area contributed by atoms with Crippen molar-refractivity contribution in [3.8, 4) is 0 Å². The highest BCUT2D eigenvalue weighted by atomic mass is 79.9. The van der Waals surface area contributed by atoms with Gasteiger partial charge < -0.3 is 0 Å². The Balaban J connectivity index is 2.47. The van der Waals surface area contributed by atoms with E-state index in [9.17, 15) is 0 Å². The molecule has 0 amide bonds. The molecule has 1 atom stereocenters. The first-order chi connectivity index (χ1) is 8.71. The quantitative estimate of drug-likeness (QED) is 0.426. The fourth-order valence-corrected chi connectivity index (χ4v) is 3.58. The normalized spacial score (nSPS) is 12.9. The Morgan fingerprint density at radius 1 is 1.28 bits per heavy atom. The van der Waals surface area contributed by atoms with Crippen LogP contribution in [0, 0.1) is 5.92 Å². The molecule has 0 aromatic heterocycles. The van der Waals surface area contributed by atoms with Crippen LogP contribution in [0.3, 0.4) is 0 Å². The second-order valence-corrected chi connectivity index (χ2v) is 6.44. The van der Waals surface area contributed by atoms with Gasteiger partial charge in [-0.25, -0.2) is 0 Å². The number of hydrazine groups is 1. The van der Waals surface area contributed by atoms with Gasteiger partial charge in [0, 0.05) is 21.2 Å². The average molecular weight is 331 g/mol. The summed E-state index contributed by atoms with van der Waals surface area (Å²) in [6.45, 7) is 4.51. The molecule has 0 aliphatic carbocycles. The van der Waals surface area contributed by atoms with E-state index in [1.807, 2.05) is 17.8 Å². The first kappa shape index (κ1) is 16.0. The molecular weight excluding hydrogens is 308 g/mol. The molecule has 1 aromatic rings. The number of benzene rings is 1. The SMILES string of the molecule is CCC(CC)CC(CSc1ccccc1Br)NN. The maximum Gasteiger partial charge on any atom is 0.0311 e. The lowest BCUT2D eigenvalue weighted by atomic mass is 9.96. The van der Waals surface area contributed by atoms with Crippen LogP contribution in [0.2, 0.25) is 0 Å². The number of halogens is 1. The molecule has 0 bridgehead atoms. The third kappa shape index (κ3) is 5.31. The van der Waals surface area contributed by atoms with Gasteiger partial charge in [-0.2, -0.15) is 0 Å². The highest BCUT2D eigenvalue weighted by Gasteiger charge is 2.13. The summed E-state index contributed by atoms with van der Waals surface area (Å²) >= 11 is 5.43. The Kier molecular flexibility index (Phi) is 7.98. The van der Waals surface area contributed by atoms with Crippen LogP contribution in [0.1, 0.15) is 33.1 Å². The van der Waals surface area contributed by atoms with E-state index < -0.39 is 0 Å². The van der Waals surface area contributed by atoms with Crippen LogP contribution in [0.15, 0.2) is 33.6 Å². The lowest BCUT2D eigenvalue weighted by Crippen LogP contribution is -2.38. The highest BCUT2D eigenvalue weighted by molar-refractivity contribution is 9.10. The number of hydrogen-bond acceptors (Lipinski definition) is 3. The Labute approximate surface area is 123 Å². The standard InChI is InChI=1S/C14H23BrN2S/c1-3-11(4-2)9-12(17-16)10-18-14-8-6-5-7-13(14)15/h5-8,11-12,17H,3-4,9-10,16H2,1-2H3. The molecule has 1 aromatic carbocycles. The molecule has 1 unspecified atom stereocenters. The van der Waals surface area contributed by atoms with E-state index in [4.69, 9.17) is 5.84 Å². The van der Waals surface area contributed by atoms with E-state index in [1.54, 1.807) is 0 Å². The molecule has 0 aliphatic rings. The number of rotatable bonds is 8. The van der Waals surface area contributed by atoms with Crippen molar-refractivity contribution in [2.45, 2.75) is 44.0 Å². The largest absolute Gasteiger partial charge is 0.271 e. The molecule has 1 rings (SSSR count). The van der Waals surface area contributed by atoms with Crippen LogP contribution in [-0.2, 0) is 0 Å². The zero-order valence-electron chi connectivity index (χ0n) is 11.2. The molecular formula is C14H23BrN2S. The van der Waals surface area contributed by atoms with Gasteiger partial charge >= 0.3 is 0 Å². The molecule has 4 heteroatoms. The first-order valence-electron chi connectivity index (χ1n) is 6.54. The van der Waals surface area contributed by atoms with Crippen molar-refractivity contribution < 1.29 is 0 Å². The second-order valence-electron chi connectivity index (χ2n) is 4.52. The van der Waals surface area contributed by atoms with Gasteiger partial charge in [0.25, 0.3) is 0 Å². The third-order valence-electron chi connectivity index (χ3n) is 3.28. The van der Waals surface area contributed by atoms with Gasteiger partial charge in [-0.1, -0.05) is 38.8 Å². The summed E-state index contributed by atoms with van der Waals surface area (Å²) in [6.07, 6.45) is 3.61. The van der Waals surface area contributed by atoms with Crippen LogP contribution in [-0.4, -0.2) is 11.8 Å². The van der Waals surface area contributed by atoms with Crippen LogP contribution >= 0.6 is 27.7 Å². The van der Waals surface area contributed by atoms with E-state index in [1.165, 1.54) is 17.7 Å². The number of nitrogens with two attached hydrogens (primary N) is 1. The number of thioether (sulfide) groups is 1. The minimum Gasteiger partial charge on any atom is -0.271 e. The summed E-state index contributed by atoms with van der Waals surface area (Å²) < 4.78 is 1.16. The molecule has 0 saturated heterocycles. The van der Waals surface area contributed by atoms with Crippen molar-refractivity contribution in [3.63, 3.8) is 0 Å². The lowest BCUT2D eigenvalue weighted by molar-refractivity contribution is 0.387. The minimum absolute atomic E-state index is 0.381. The molecule has 0 fully saturated rings. The smallest absolute Gasteiger partial charge is 0.0311 e. The van der Waals surface area contributed by atoms with Crippen molar-refractivity contribution in [1.29, 1.82) is 0 Å². The number of nitrogens with one attached hydrogen (secondary N) is 1. The molecule has 0 heterocycles. The van der Waals surface area contributed by atoms with Gasteiger partial charge in [-0.05, 0) is 40.4 Å². The Bertz CT molecular complexity index is 342. The Morgan fingerprint density at radius 3 is 2.50 bits per heavy atom. The first-order valence-corrected chi connectivity index (χ1v) is 8.32. The van der Waals surface area contributed by atoms with E-state index in [2.05, 4.69) is 53.4 Å². The molecule has 0 spiro atoms. The molecule has 18 heavy (non-hydrogen) atoms. The van der Waals surface area contributed by atoms with Crippen molar-refractivity contribution >= 4 is 27.7 Å². The lowest BCUT2D eigenvalue weighted by Gasteiger charge is -2.21. The summed E-state index contributed by atoms with van der Waals surface area (Å²) in [4.78, 5) is 1.28. The molecule has 0 radical (unpaired) electrons. The average Bonchev–Trinajstić information content (AvgIpc) is 2.41. The van der Waals surface area contributed by atoms with Crippen LogP contribution in [0.5, 0.6) is 0 Å². The van der Waals surface area contributed by atoms with Gasteiger partial charge in [-0.15, -0.1) is 11.8 Å². The monoisotopic (exact) mass is 330 g/mol. The topological polar surface area (TPSA) is 38.0 Å². The molecule has 0 saturated carbocycles. The second kappa shape index (κ2) is 8.97. The van der Waals surface area contributed by atoms with Crippen molar-refractivity contribution in [2.75, 3.05) is 5.75 Å². The van der Waals surface area contributed by atoms with Gasteiger partial charge in [0.05, 0.1) is 0 Å². The predicted octanol–water partition coefficient (Wildman–Crippen LogP) is 4.20. The minimum atomic E-state index is 0.381. The van der Waals surface area contributed by atoms with Crippen molar-refractivity contribution in [3.05, 3.63) is 28.7 Å². The maximum atomic E-state index is 5.66. The van der Waals surface area contributed by atoms with Gasteiger partial charge in [-0.3, -0.25) is 11.3 Å². The predicted molar refractivity (Wildman–Crippen MR) is 84.7 cm³/mol. The maximum absolute atomic E-state index is 5.66. The van der Waals surface area contributed by atoms with Crippen LogP contribution < -0.4 is 11.3 Å². The Hall–Kier alpha value is -0.0300. The Morgan fingerprint density at radius 2 is 1.94 bits per heavy atom. The summed E-state index contributed by atoms with van der Waals surface area (Å²) in [5.74, 6) is 7.44. The van der Waals surface area contributed by atoms with E-state index in [0.29, 0.717) is 6.04 Å². The molecule has 3 N–H and O–H groups in total. The van der Waals surface area contributed by atoms with Gasteiger partial charge in [0.15, 0.2) is 0 Å². The van der Waals surface area contributed by atoms with Crippen molar-refractivity contribution in [2.24, 2.45) is 11.8 Å². The fraction of sp³-hybridized carbons (Fsp3) is 0.571. The van der Waals surface area contributed by atoms with Crippen molar-refractivity contribution in [1.82, 2.24) is 5.43 Å². The van der Waals surface area contributed by atoms with Gasteiger partial charge in [0.2, 0.25) is 0 Å². The zero-order valence-corrected chi connectivity index (χ0v) is 13.6. The summed E-state index contributed by atoms with van der Waals surface area (Å²) in [5, 5.41) is 0. The molecule has 0 aliphatic heterocycles. The van der Waals surface area contributed by atoms with Gasteiger partial charge in [0.1, 0.15) is 0 Å². The zero-order chi connectivity index (χ0) is 13.4. The van der Waals surface area contributed by atoms with Crippen LogP contribution in [0.4, 0.5) is 0 Å². The number of hydrogen-bond donors (Lipinski definition) is 2. The van der Waals surface area contributed by atoms with E-state index in [-0.39, 0.29) is 0 Å². The summed E-state index contributed by atoms with van der Waals surface area (Å²) in [7, 11) is 0. The van der Waals surface area contributed by atoms with E-state index >= 15 is 0 Å². The molecule has 2 nitrogen and oxygen atoms in total. The highest BCUT2D eigenvalue weighted by Crippen LogP contribution is 2.28. The third-order valence-corrected chi connectivity index (χ3v) is 5.47. The van der Waals surface area contributed by atoms with E-state index in [0.717, 1.165) is 22.6 Å². The molecule has 102 valence electrons.